The van der Waals surface area contributed by atoms with Gasteiger partial charge in [-0.1, -0.05) is 0 Å². The first-order valence-electron chi connectivity index (χ1n) is 6.07. The van der Waals surface area contributed by atoms with Crippen molar-refractivity contribution >= 4 is 5.91 Å². The molecule has 0 saturated carbocycles. The van der Waals surface area contributed by atoms with Crippen molar-refractivity contribution in [1.29, 1.82) is 0 Å². The third-order valence-corrected chi connectivity index (χ3v) is 3.13. The molecule has 1 aliphatic heterocycles. The average molecular weight is 272 g/mol. The minimum atomic E-state index is -0.639. The van der Waals surface area contributed by atoms with E-state index in [4.69, 9.17) is 10.5 Å². The molecule has 1 aliphatic rings. The highest BCUT2D eigenvalue weighted by Gasteiger charge is 2.21. The third-order valence-electron chi connectivity index (χ3n) is 3.13. The van der Waals surface area contributed by atoms with Gasteiger partial charge in [0.15, 0.2) is 0 Å². The summed E-state index contributed by atoms with van der Waals surface area (Å²) in [5.41, 5.74) is 6.37. The van der Waals surface area contributed by atoms with Gasteiger partial charge in [-0.25, -0.2) is 4.98 Å². The molecule has 7 heteroatoms. The van der Waals surface area contributed by atoms with Gasteiger partial charge in [0.25, 0.3) is 11.5 Å². The zero-order chi connectivity index (χ0) is 14.1. The van der Waals surface area contributed by atoms with E-state index in [9.17, 15) is 9.59 Å². The number of nitrogens with two attached hydrogens (primary N) is 1. The Balaban J connectivity index is 2.03. The Morgan fingerprint density at radius 1 is 1.35 bits per heavy atom. The lowest BCUT2D eigenvalue weighted by Gasteiger charge is -2.28. The Labute approximate surface area is 114 Å². The molecule has 0 unspecified atom stereocenters. The van der Waals surface area contributed by atoms with Crippen LogP contribution in [0.2, 0.25) is 0 Å². The van der Waals surface area contributed by atoms with Crippen molar-refractivity contribution < 1.29 is 9.53 Å². The molecule has 0 aliphatic carbocycles. The highest BCUT2D eigenvalue weighted by molar-refractivity contribution is 5.90. The van der Waals surface area contributed by atoms with Crippen molar-refractivity contribution in [3.8, 4) is 11.3 Å². The molecule has 3 rings (SSSR count). The summed E-state index contributed by atoms with van der Waals surface area (Å²) in [6.07, 6.45) is 4.53. The molecule has 0 aromatic carbocycles. The number of primary amides is 1. The number of pyridine rings is 1. The van der Waals surface area contributed by atoms with E-state index in [2.05, 4.69) is 9.97 Å². The fourth-order valence-corrected chi connectivity index (χ4v) is 1.95. The molecule has 2 aromatic heterocycles. The number of nitrogens with zero attached hydrogens (tertiary/aromatic N) is 3. The first-order valence-corrected chi connectivity index (χ1v) is 6.07. The number of aromatic nitrogens is 3. The van der Waals surface area contributed by atoms with Gasteiger partial charge in [-0.15, -0.1) is 0 Å². The van der Waals surface area contributed by atoms with Crippen molar-refractivity contribution in [3.05, 3.63) is 46.8 Å². The number of carbonyl (C=O) groups excluding carboxylic acids is 1. The molecule has 0 radical (unpaired) electrons. The number of hydrogen-bond acceptors (Lipinski definition) is 5. The van der Waals surface area contributed by atoms with Crippen molar-refractivity contribution in [2.75, 3.05) is 13.2 Å². The maximum absolute atomic E-state index is 11.8. The number of carbonyl (C=O) groups is 1. The lowest BCUT2D eigenvalue weighted by molar-refractivity contribution is -0.0247. The van der Waals surface area contributed by atoms with E-state index in [1.165, 1.54) is 18.5 Å². The molecular formula is C13H12N4O3. The van der Waals surface area contributed by atoms with Crippen LogP contribution in [0, 0.1) is 0 Å². The molecule has 102 valence electrons. The average Bonchev–Trinajstić information content (AvgIpc) is 2.39. The Hall–Kier alpha value is -2.54. The predicted molar refractivity (Wildman–Crippen MR) is 70.1 cm³/mol. The Bertz CT molecular complexity index is 722. The summed E-state index contributed by atoms with van der Waals surface area (Å²) in [6, 6.07) is 3.16. The molecule has 7 nitrogen and oxygen atoms in total. The molecule has 0 atom stereocenters. The summed E-state index contributed by atoms with van der Waals surface area (Å²) in [5.74, 6) is -0.639. The van der Waals surface area contributed by atoms with E-state index in [0.29, 0.717) is 24.5 Å². The van der Waals surface area contributed by atoms with Crippen LogP contribution in [-0.4, -0.2) is 33.7 Å². The van der Waals surface area contributed by atoms with Crippen LogP contribution in [0.3, 0.4) is 0 Å². The minimum Gasteiger partial charge on any atom is -0.377 e. The Morgan fingerprint density at radius 3 is 2.80 bits per heavy atom. The van der Waals surface area contributed by atoms with Gasteiger partial charge in [-0.05, 0) is 6.07 Å². The van der Waals surface area contributed by atoms with Crippen LogP contribution >= 0.6 is 0 Å². The van der Waals surface area contributed by atoms with Gasteiger partial charge in [0.1, 0.15) is 5.69 Å². The molecule has 2 N–H and O–H groups in total. The summed E-state index contributed by atoms with van der Waals surface area (Å²) in [5, 5.41) is 0. The number of rotatable bonds is 3. The first-order chi connectivity index (χ1) is 9.65. The zero-order valence-corrected chi connectivity index (χ0v) is 10.5. The molecule has 2 aromatic rings. The lowest BCUT2D eigenvalue weighted by atomic mass is 10.2. The monoisotopic (exact) mass is 272 g/mol. The lowest BCUT2D eigenvalue weighted by Crippen LogP contribution is -2.36. The molecule has 20 heavy (non-hydrogen) atoms. The zero-order valence-electron chi connectivity index (χ0n) is 10.5. The van der Waals surface area contributed by atoms with Crippen LogP contribution in [0.15, 0.2) is 35.5 Å². The van der Waals surface area contributed by atoms with Crippen LogP contribution in [0.4, 0.5) is 0 Å². The van der Waals surface area contributed by atoms with Crippen molar-refractivity contribution in [1.82, 2.24) is 14.5 Å². The van der Waals surface area contributed by atoms with Crippen LogP contribution < -0.4 is 11.3 Å². The number of ether oxygens (including phenoxy) is 1. The number of amides is 1. The molecule has 0 bridgehead atoms. The fraction of sp³-hybridized carbons (Fsp3) is 0.231. The van der Waals surface area contributed by atoms with E-state index < -0.39 is 5.91 Å². The molecule has 0 spiro atoms. The summed E-state index contributed by atoms with van der Waals surface area (Å²) < 4.78 is 6.70. The summed E-state index contributed by atoms with van der Waals surface area (Å²) >= 11 is 0. The molecular weight excluding hydrogens is 260 g/mol. The first kappa shape index (κ1) is 12.5. The van der Waals surface area contributed by atoms with E-state index >= 15 is 0 Å². The second kappa shape index (κ2) is 4.86. The van der Waals surface area contributed by atoms with Gasteiger partial charge in [0, 0.05) is 17.8 Å². The summed E-state index contributed by atoms with van der Waals surface area (Å²) in [6.45, 7) is 1.05. The quantitative estimate of drug-likeness (QED) is 0.846. The van der Waals surface area contributed by atoms with Crippen molar-refractivity contribution in [2.24, 2.45) is 5.73 Å². The highest BCUT2D eigenvalue weighted by Crippen LogP contribution is 2.19. The normalized spacial score (nSPS) is 14.8. The van der Waals surface area contributed by atoms with Crippen LogP contribution in [0.5, 0.6) is 0 Å². The maximum Gasteiger partial charge on any atom is 0.268 e. The summed E-state index contributed by atoms with van der Waals surface area (Å²) in [7, 11) is 0. The topological polar surface area (TPSA) is 100 Å². The highest BCUT2D eigenvalue weighted by atomic mass is 16.5. The van der Waals surface area contributed by atoms with Gasteiger partial charge in [0.2, 0.25) is 0 Å². The van der Waals surface area contributed by atoms with E-state index in [-0.39, 0.29) is 17.3 Å². The maximum atomic E-state index is 11.8. The minimum absolute atomic E-state index is 0.0507. The van der Waals surface area contributed by atoms with E-state index in [1.807, 2.05) is 0 Å². The van der Waals surface area contributed by atoms with Gasteiger partial charge in [-0.2, -0.15) is 0 Å². The van der Waals surface area contributed by atoms with Crippen molar-refractivity contribution in [3.63, 3.8) is 0 Å². The van der Waals surface area contributed by atoms with Gasteiger partial charge >= 0.3 is 0 Å². The Kier molecular flexibility index (Phi) is 3.03. The molecule has 1 amide bonds. The Morgan fingerprint density at radius 2 is 2.15 bits per heavy atom. The van der Waals surface area contributed by atoms with Crippen LogP contribution in [0.25, 0.3) is 11.3 Å². The molecule has 1 saturated heterocycles. The largest absolute Gasteiger partial charge is 0.377 e. The standard InChI is InChI=1S/C13H12N4O3/c14-13(19)11-4-15-3-10(16-11)8-1-2-12(18)17(5-8)9-6-20-7-9/h1-5,9H,6-7H2,(H2,14,19). The third kappa shape index (κ3) is 2.19. The second-order valence-electron chi connectivity index (χ2n) is 4.51. The van der Waals surface area contributed by atoms with Crippen LogP contribution in [-0.2, 0) is 4.74 Å². The summed E-state index contributed by atoms with van der Waals surface area (Å²) in [4.78, 5) is 31.0. The predicted octanol–water partition coefficient (Wildman–Crippen LogP) is -0.0245. The van der Waals surface area contributed by atoms with Gasteiger partial charge in [-0.3, -0.25) is 14.6 Å². The van der Waals surface area contributed by atoms with Crippen molar-refractivity contribution in [2.45, 2.75) is 6.04 Å². The van der Waals surface area contributed by atoms with Crippen LogP contribution in [0.1, 0.15) is 16.5 Å². The fourth-order valence-electron chi connectivity index (χ4n) is 1.95. The van der Waals surface area contributed by atoms with Gasteiger partial charge in [0.05, 0.1) is 37.3 Å². The van der Waals surface area contributed by atoms with E-state index in [0.717, 1.165) is 0 Å². The number of hydrogen-bond donors (Lipinski definition) is 1. The smallest absolute Gasteiger partial charge is 0.268 e. The second-order valence-corrected chi connectivity index (χ2v) is 4.51. The van der Waals surface area contributed by atoms with E-state index in [1.54, 1.807) is 16.8 Å². The molecule has 3 heterocycles. The molecule has 1 fully saturated rings. The SMILES string of the molecule is NC(=O)c1cncc(-c2ccc(=O)n(C3COC3)c2)n1. The van der Waals surface area contributed by atoms with Gasteiger partial charge < -0.3 is 15.0 Å².